The maximum Gasteiger partial charge on any atom is 0.385 e. The number of aliphatic carboxylic acids is 1. The SMILES string of the molecule is F[P-](F)(F)(F)(F)F.N#[N+]c1ccc(S(=O)(=O)NCC(=O)O)cc1. The second-order valence-corrected chi connectivity index (χ2v) is 7.45. The summed E-state index contributed by atoms with van der Waals surface area (Å²) in [5, 5.41) is 16.7. The minimum Gasteiger partial charge on any atom is -0.480 e. The first-order valence-corrected chi connectivity index (χ1v) is 8.65. The number of nitrogens with one attached hydrogen (secondary N) is 1. The molecule has 1 aromatic carbocycles. The van der Waals surface area contributed by atoms with Crippen molar-refractivity contribution in [3.8, 4) is 0 Å². The van der Waals surface area contributed by atoms with Crippen molar-refractivity contribution in [1.82, 2.24) is 4.72 Å². The van der Waals surface area contributed by atoms with Gasteiger partial charge in [0, 0.05) is 12.1 Å². The zero-order valence-electron chi connectivity index (χ0n) is 10.7. The minimum absolute atomic E-state index is 0.0962. The van der Waals surface area contributed by atoms with Crippen LogP contribution in [-0.4, -0.2) is 26.0 Å². The predicted molar refractivity (Wildman–Crippen MR) is 67.6 cm³/mol. The summed E-state index contributed by atoms with van der Waals surface area (Å²) in [4.78, 5) is 13.0. The Kier molecular flexibility index (Phi) is 5.40. The summed E-state index contributed by atoms with van der Waals surface area (Å²) < 4.78 is 84.0. The molecule has 0 radical (unpaired) electrons. The van der Waals surface area contributed by atoms with E-state index in [1.54, 1.807) is 0 Å². The zero-order valence-corrected chi connectivity index (χ0v) is 12.4. The molecule has 1 rings (SSSR count). The second kappa shape index (κ2) is 5.91. The molecule has 0 aromatic heterocycles. The molecule has 1 aromatic rings. The van der Waals surface area contributed by atoms with Crippen LogP contribution >= 0.6 is 7.81 Å². The molecular weight excluding hydrogens is 379 g/mol. The molecule has 0 aliphatic rings. The Morgan fingerprint density at radius 1 is 1.13 bits per heavy atom. The van der Waals surface area contributed by atoms with Crippen LogP contribution < -0.4 is 4.72 Å². The molecule has 0 spiro atoms. The fourth-order valence-corrected chi connectivity index (χ4v) is 1.91. The van der Waals surface area contributed by atoms with Crippen LogP contribution in [0.1, 0.15) is 0 Å². The summed E-state index contributed by atoms with van der Waals surface area (Å²) in [6, 6.07) is 4.99. The minimum atomic E-state index is -10.7. The van der Waals surface area contributed by atoms with E-state index in [2.05, 4.69) is 4.98 Å². The van der Waals surface area contributed by atoms with Crippen LogP contribution in [0, 0.1) is 5.39 Å². The van der Waals surface area contributed by atoms with Gasteiger partial charge in [-0.05, 0) is 12.1 Å². The molecular formula is C8H8F6N3O4PS. The van der Waals surface area contributed by atoms with Crippen molar-refractivity contribution < 1.29 is 43.5 Å². The number of carboxylic acids is 1. The largest absolute Gasteiger partial charge is 0.480 e. The van der Waals surface area contributed by atoms with Gasteiger partial charge < -0.3 is 5.11 Å². The van der Waals surface area contributed by atoms with Gasteiger partial charge in [-0.15, -0.1) is 0 Å². The molecule has 0 atom stereocenters. The molecule has 15 heteroatoms. The Morgan fingerprint density at radius 2 is 1.52 bits per heavy atom. The van der Waals surface area contributed by atoms with Crippen molar-refractivity contribution in [2.45, 2.75) is 4.90 Å². The monoisotopic (exact) mass is 387 g/mol. The predicted octanol–water partition coefficient (Wildman–Crippen LogP) is 3.92. The molecule has 0 bridgehead atoms. The maximum atomic E-state index is 11.5. The smallest absolute Gasteiger partial charge is 0.385 e. The van der Waals surface area contributed by atoms with Crippen LogP contribution in [0.4, 0.5) is 30.9 Å². The Labute approximate surface area is 124 Å². The van der Waals surface area contributed by atoms with Crippen LogP contribution in [0.3, 0.4) is 0 Å². The van der Waals surface area contributed by atoms with Crippen LogP contribution in [0.5, 0.6) is 0 Å². The molecule has 0 fully saturated rings. The Balaban J connectivity index is 0.000000585. The van der Waals surface area contributed by atoms with Crippen LogP contribution in [0.2, 0.25) is 0 Å². The van der Waals surface area contributed by atoms with Crippen molar-refractivity contribution in [2.75, 3.05) is 6.54 Å². The second-order valence-electron chi connectivity index (χ2n) is 3.77. The Morgan fingerprint density at radius 3 is 1.83 bits per heavy atom. The molecule has 0 heterocycles. The van der Waals surface area contributed by atoms with Gasteiger partial charge >= 0.3 is 44.6 Å². The standard InChI is InChI=1S/C8H7N3O4S.F6P/c9-11-6-1-3-7(4-2-6)16(14,15)10-5-8(12)13;1-7(2,3,4,5)6/h1-4,10H,5H2;/q;-1/p+1. The molecule has 132 valence electrons. The van der Waals surface area contributed by atoms with E-state index in [0.29, 0.717) is 0 Å². The number of benzene rings is 1. The summed E-state index contributed by atoms with van der Waals surface area (Å²) in [6.45, 7) is -0.686. The van der Waals surface area contributed by atoms with Gasteiger partial charge in [0.05, 0.1) is 4.90 Å². The number of diazo groups is 1. The topological polar surface area (TPSA) is 112 Å². The van der Waals surface area contributed by atoms with E-state index in [0.717, 1.165) is 0 Å². The van der Waals surface area contributed by atoms with Gasteiger partial charge in [-0.1, -0.05) is 0 Å². The van der Waals surface area contributed by atoms with Crippen molar-refractivity contribution in [3.63, 3.8) is 0 Å². The van der Waals surface area contributed by atoms with E-state index < -0.39 is 30.3 Å². The first-order chi connectivity index (χ1) is 9.90. The number of nitrogens with zero attached hydrogens (tertiary/aromatic N) is 2. The molecule has 23 heavy (non-hydrogen) atoms. The fourth-order valence-electron chi connectivity index (χ4n) is 0.932. The first-order valence-electron chi connectivity index (χ1n) is 5.14. The molecule has 7 nitrogen and oxygen atoms in total. The average Bonchev–Trinajstić information content (AvgIpc) is 2.33. The third-order valence-corrected chi connectivity index (χ3v) is 3.09. The molecule has 0 saturated carbocycles. The summed E-state index contributed by atoms with van der Waals surface area (Å²) in [6.07, 6.45) is 0. The van der Waals surface area contributed by atoms with Crippen LogP contribution in [0.25, 0.3) is 4.98 Å². The van der Waals surface area contributed by atoms with Crippen molar-refractivity contribution in [2.24, 2.45) is 0 Å². The van der Waals surface area contributed by atoms with E-state index in [1.807, 2.05) is 4.72 Å². The number of hydrogen-bond acceptors (Lipinski definition) is 4. The summed E-state index contributed by atoms with van der Waals surface area (Å²) in [7, 11) is -14.5. The third-order valence-electron chi connectivity index (χ3n) is 1.68. The molecule has 0 aliphatic carbocycles. The average molecular weight is 387 g/mol. The zero-order chi connectivity index (χ0) is 18.6. The number of carbonyl (C=O) groups is 1. The molecule has 0 amide bonds. The number of rotatable bonds is 4. The van der Waals surface area contributed by atoms with Crippen molar-refractivity contribution in [3.05, 3.63) is 29.2 Å². The van der Waals surface area contributed by atoms with Crippen molar-refractivity contribution in [1.29, 1.82) is 5.39 Å². The van der Waals surface area contributed by atoms with E-state index in [4.69, 9.17) is 10.5 Å². The number of carboxylic acid groups (broad SMARTS) is 1. The van der Waals surface area contributed by atoms with Gasteiger partial charge in [0.25, 0.3) is 0 Å². The number of hydrogen-bond donors (Lipinski definition) is 2. The normalized spacial score (nSPS) is 14.5. The van der Waals surface area contributed by atoms with Gasteiger partial charge in [0.15, 0.2) is 4.98 Å². The van der Waals surface area contributed by atoms with E-state index in [9.17, 15) is 38.4 Å². The molecule has 0 aliphatic heterocycles. The van der Waals surface area contributed by atoms with Crippen molar-refractivity contribution >= 4 is 29.5 Å². The summed E-state index contributed by atoms with van der Waals surface area (Å²) in [5.41, 5.74) is 0.206. The van der Waals surface area contributed by atoms with Crippen LogP contribution in [-0.2, 0) is 14.8 Å². The molecule has 0 unspecified atom stereocenters. The Bertz CT molecular complexity index is 714. The fraction of sp³-hybridized carbons (Fsp3) is 0.125. The number of sulfonamides is 1. The van der Waals surface area contributed by atoms with E-state index >= 15 is 0 Å². The molecule has 2 N–H and O–H groups in total. The van der Waals surface area contributed by atoms with Gasteiger partial charge in [0.2, 0.25) is 15.4 Å². The van der Waals surface area contributed by atoms with E-state index in [-0.39, 0.29) is 10.6 Å². The first kappa shape index (κ1) is 21.0. The van der Waals surface area contributed by atoms with Gasteiger partial charge in [0.1, 0.15) is 6.54 Å². The third kappa shape index (κ3) is 13.4. The maximum absolute atomic E-state index is 11.5. The van der Waals surface area contributed by atoms with Gasteiger partial charge in [-0.2, -0.15) is 4.72 Å². The molecule has 0 saturated heterocycles. The summed E-state index contributed by atoms with van der Waals surface area (Å²) in [5.74, 6) is -1.27. The Hall–Kier alpha value is -1.97. The van der Waals surface area contributed by atoms with E-state index in [1.165, 1.54) is 24.3 Å². The summed E-state index contributed by atoms with van der Waals surface area (Å²) >= 11 is 0. The van der Waals surface area contributed by atoms with Crippen LogP contribution in [0.15, 0.2) is 29.2 Å². The quantitative estimate of drug-likeness (QED) is 0.462. The number of halogens is 6. The van der Waals surface area contributed by atoms with Gasteiger partial charge in [-0.3, -0.25) is 4.79 Å². The van der Waals surface area contributed by atoms with Gasteiger partial charge in [-0.25, -0.2) is 8.42 Å².